The zero-order valence-corrected chi connectivity index (χ0v) is 41.6. The standard InChI is InChI=1S/C74H48N2/c1-4-24-49(25-5-1)53-30-12-18-41-66(53)75(70-45-23-39-63-71(70)59-34-11-16-37-61(59)73(63,51-26-6-2-7-27-51)52-28-8-3-9-29-52)67-42-19-13-31-54(67)50-46-47-56-55-32-10-15-36-60(55)74(65(56)48-50)62-38-17-21-44-69(62)76-68-43-20-14-33-57(68)58-35-22-40-64(74)72(58)76/h1-48H. The first-order chi connectivity index (χ1) is 37.8. The molecule has 1 aliphatic heterocycles. The molecule has 76 heavy (non-hydrogen) atoms. The molecule has 12 aromatic carbocycles. The Kier molecular flexibility index (Phi) is 9.20. The van der Waals surface area contributed by atoms with E-state index >= 15 is 0 Å². The molecule has 1 aromatic heterocycles. The Morgan fingerprint density at radius 2 is 0.763 bits per heavy atom. The maximum Gasteiger partial charge on any atom is 0.0754 e. The molecule has 0 bridgehead atoms. The summed E-state index contributed by atoms with van der Waals surface area (Å²) in [6.45, 7) is 0. The number of para-hydroxylation sites is 5. The summed E-state index contributed by atoms with van der Waals surface area (Å²) >= 11 is 0. The molecule has 2 nitrogen and oxygen atoms in total. The number of anilines is 3. The minimum Gasteiger partial charge on any atom is -0.309 e. The zero-order valence-electron chi connectivity index (χ0n) is 41.6. The summed E-state index contributed by atoms with van der Waals surface area (Å²) in [5, 5.41) is 2.55. The second kappa shape index (κ2) is 16.4. The molecule has 16 rings (SSSR count). The number of hydrogen-bond acceptors (Lipinski definition) is 1. The van der Waals surface area contributed by atoms with Crippen molar-refractivity contribution in [2.24, 2.45) is 0 Å². The SMILES string of the molecule is c1ccc(-c2ccccc2N(c2ccccc2-c2ccc3c(c2)C2(c4ccccc4-3)c3ccccc3-n3c4ccccc4c4cccc2c43)c2cccc3c2-c2ccccc2C3(c2ccccc2)c2ccccc2)cc1. The van der Waals surface area contributed by atoms with Crippen LogP contribution in [0, 0.1) is 0 Å². The number of hydrogen-bond donors (Lipinski definition) is 0. The van der Waals surface area contributed by atoms with E-state index in [0.717, 1.165) is 39.3 Å². The summed E-state index contributed by atoms with van der Waals surface area (Å²) < 4.78 is 2.53. The molecular weight excluding hydrogens is 917 g/mol. The average Bonchev–Trinajstić information content (AvgIpc) is 4.13. The topological polar surface area (TPSA) is 8.17 Å². The smallest absolute Gasteiger partial charge is 0.0754 e. The van der Waals surface area contributed by atoms with Gasteiger partial charge in [-0.3, -0.25) is 0 Å². The van der Waals surface area contributed by atoms with Crippen molar-refractivity contribution in [3.05, 3.63) is 336 Å². The molecule has 0 saturated heterocycles. The van der Waals surface area contributed by atoms with E-state index in [9.17, 15) is 0 Å². The van der Waals surface area contributed by atoms with Crippen LogP contribution in [0.1, 0.15) is 44.5 Å². The number of rotatable bonds is 7. The van der Waals surface area contributed by atoms with Crippen LogP contribution in [0.3, 0.4) is 0 Å². The van der Waals surface area contributed by atoms with Crippen molar-refractivity contribution in [1.29, 1.82) is 0 Å². The van der Waals surface area contributed by atoms with Crippen molar-refractivity contribution in [1.82, 2.24) is 4.57 Å². The first kappa shape index (κ1) is 42.7. The molecule has 0 fully saturated rings. The first-order valence-electron chi connectivity index (χ1n) is 26.5. The van der Waals surface area contributed by atoms with E-state index in [1.807, 2.05) is 0 Å². The van der Waals surface area contributed by atoms with Crippen LogP contribution in [0.15, 0.2) is 291 Å². The van der Waals surface area contributed by atoms with Crippen molar-refractivity contribution >= 4 is 38.9 Å². The van der Waals surface area contributed by atoms with Crippen molar-refractivity contribution in [2.45, 2.75) is 10.8 Å². The van der Waals surface area contributed by atoms with Gasteiger partial charge >= 0.3 is 0 Å². The minimum absolute atomic E-state index is 0.567. The van der Waals surface area contributed by atoms with Gasteiger partial charge in [-0.1, -0.05) is 255 Å². The predicted molar refractivity (Wildman–Crippen MR) is 315 cm³/mol. The van der Waals surface area contributed by atoms with Crippen molar-refractivity contribution < 1.29 is 0 Å². The maximum absolute atomic E-state index is 2.58. The molecule has 2 heteroatoms. The summed E-state index contributed by atoms with van der Waals surface area (Å²) in [6.07, 6.45) is 0. The van der Waals surface area contributed by atoms with E-state index in [1.165, 1.54) is 94.3 Å². The van der Waals surface area contributed by atoms with Crippen LogP contribution in [0.4, 0.5) is 17.1 Å². The maximum atomic E-state index is 2.58. The van der Waals surface area contributed by atoms with Crippen molar-refractivity contribution in [3.63, 3.8) is 0 Å². The second-order valence-corrected chi connectivity index (χ2v) is 20.6. The van der Waals surface area contributed by atoms with Gasteiger partial charge < -0.3 is 9.47 Å². The Bertz CT molecular complexity index is 4430. The van der Waals surface area contributed by atoms with Crippen LogP contribution in [0.5, 0.6) is 0 Å². The number of benzene rings is 12. The summed E-state index contributed by atoms with van der Waals surface area (Å²) in [5.74, 6) is 0. The molecule has 2 heterocycles. The molecule has 2 aliphatic carbocycles. The number of aromatic nitrogens is 1. The van der Waals surface area contributed by atoms with Gasteiger partial charge in [-0.25, -0.2) is 0 Å². The molecule has 0 amide bonds. The molecule has 3 aliphatic rings. The van der Waals surface area contributed by atoms with E-state index in [1.54, 1.807) is 0 Å². The Morgan fingerprint density at radius 3 is 1.49 bits per heavy atom. The summed E-state index contributed by atoms with van der Waals surface area (Å²) in [7, 11) is 0. The van der Waals surface area contributed by atoms with E-state index in [0.29, 0.717) is 0 Å². The van der Waals surface area contributed by atoms with Gasteiger partial charge in [0.15, 0.2) is 0 Å². The van der Waals surface area contributed by atoms with Gasteiger partial charge in [0.05, 0.1) is 44.6 Å². The third kappa shape index (κ3) is 5.65. The Labute approximate surface area is 442 Å². The Hall–Kier alpha value is -9.76. The molecule has 1 unspecified atom stereocenters. The highest BCUT2D eigenvalue weighted by Gasteiger charge is 2.51. The van der Waals surface area contributed by atoms with Gasteiger partial charge in [0, 0.05) is 27.5 Å². The lowest BCUT2D eigenvalue weighted by molar-refractivity contribution is 0.749. The average molecular weight is 965 g/mol. The largest absolute Gasteiger partial charge is 0.309 e. The summed E-state index contributed by atoms with van der Waals surface area (Å²) in [4.78, 5) is 2.58. The molecule has 13 aromatic rings. The highest BCUT2D eigenvalue weighted by Crippen LogP contribution is 2.63. The quantitative estimate of drug-likeness (QED) is 0.155. The normalized spacial score (nSPS) is 15.0. The third-order valence-electron chi connectivity index (χ3n) is 17.1. The first-order valence-corrected chi connectivity index (χ1v) is 26.5. The number of fused-ring (bicyclic) bond motifs is 15. The van der Waals surface area contributed by atoms with Crippen LogP contribution in [0.2, 0.25) is 0 Å². The molecule has 0 radical (unpaired) electrons. The van der Waals surface area contributed by atoms with Gasteiger partial charge in [-0.15, -0.1) is 0 Å². The highest BCUT2D eigenvalue weighted by molar-refractivity contribution is 6.13. The lowest BCUT2D eigenvalue weighted by Crippen LogP contribution is -2.33. The minimum atomic E-state index is -0.584. The molecule has 0 N–H and O–H groups in total. The van der Waals surface area contributed by atoms with Gasteiger partial charge in [0.2, 0.25) is 0 Å². The van der Waals surface area contributed by atoms with Crippen molar-refractivity contribution in [3.8, 4) is 50.2 Å². The molecule has 0 saturated carbocycles. The molecular formula is C74H48N2. The highest BCUT2D eigenvalue weighted by atomic mass is 15.2. The van der Waals surface area contributed by atoms with Gasteiger partial charge in [-0.05, 0) is 109 Å². The summed E-state index contributed by atoms with van der Waals surface area (Å²) in [5.41, 5.74) is 25.9. The third-order valence-corrected chi connectivity index (χ3v) is 17.1. The zero-order chi connectivity index (χ0) is 50.0. The fraction of sp³-hybridized carbons (Fsp3) is 0.0270. The van der Waals surface area contributed by atoms with Crippen molar-refractivity contribution in [2.75, 3.05) is 4.90 Å². The lowest BCUT2D eigenvalue weighted by atomic mass is 9.65. The van der Waals surface area contributed by atoms with Crippen LogP contribution < -0.4 is 4.90 Å². The van der Waals surface area contributed by atoms with E-state index in [4.69, 9.17) is 0 Å². The van der Waals surface area contributed by atoms with Gasteiger partial charge in [-0.2, -0.15) is 0 Å². The fourth-order valence-corrected chi connectivity index (χ4v) is 14.2. The number of nitrogens with zero attached hydrogens (tertiary/aromatic N) is 2. The van der Waals surface area contributed by atoms with Crippen LogP contribution >= 0.6 is 0 Å². The monoisotopic (exact) mass is 964 g/mol. The summed E-state index contributed by atoms with van der Waals surface area (Å²) in [6, 6.07) is 109. The fourth-order valence-electron chi connectivity index (χ4n) is 14.2. The van der Waals surface area contributed by atoms with E-state index in [-0.39, 0.29) is 0 Å². The van der Waals surface area contributed by atoms with E-state index < -0.39 is 10.8 Å². The van der Waals surface area contributed by atoms with Crippen LogP contribution in [-0.4, -0.2) is 4.57 Å². The second-order valence-electron chi connectivity index (χ2n) is 20.6. The molecule has 1 atom stereocenters. The van der Waals surface area contributed by atoms with Gasteiger partial charge in [0.1, 0.15) is 0 Å². The Morgan fingerprint density at radius 1 is 0.276 bits per heavy atom. The Balaban J connectivity index is 0.985. The van der Waals surface area contributed by atoms with E-state index in [2.05, 4.69) is 301 Å². The van der Waals surface area contributed by atoms with Crippen LogP contribution in [0.25, 0.3) is 72.0 Å². The predicted octanol–water partition coefficient (Wildman–Crippen LogP) is 18.6. The molecule has 354 valence electrons. The van der Waals surface area contributed by atoms with Crippen LogP contribution in [-0.2, 0) is 10.8 Å². The molecule has 1 spiro atoms. The lowest BCUT2D eigenvalue weighted by Gasteiger charge is -2.39. The van der Waals surface area contributed by atoms with Gasteiger partial charge in [0.25, 0.3) is 0 Å².